The van der Waals surface area contributed by atoms with Crippen LogP contribution in [0.1, 0.15) is 40.5 Å². The summed E-state index contributed by atoms with van der Waals surface area (Å²) in [5.41, 5.74) is 0. The predicted molar refractivity (Wildman–Crippen MR) is 75.5 cm³/mol. The van der Waals surface area contributed by atoms with Crippen LogP contribution in [0.15, 0.2) is 0 Å². The van der Waals surface area contributed by atoms with Crippen molar-refractivity contribution in [3.05, 3.63) is 0 Å². The molecule has 0 atom stereocenters. The lowest BCUT2D eigenvalue weighted by atomic mass is 10.1. The van der Waals surface area contributed by atoms with Gasteiger partial charge in [0.25, 0.3) is 0 Å². The summed E-state index contributed by atoms with van der Waals surface area (Å²) in [6.45, 7) is 11.5. The molecule has 0 bridgehead atoms. The lowest BCUT2D eigenvalue weighted by molar-refractivity contribution is -0.131. The fraction of sp³-hybridized carbons (Fsp3) is 0.923. The van der Waals surface area contributed by atoms with Crippen LogP contribution in [0.25, 0.3) is 0 Å². The Morgan fingerprint density at radius 3 is 2.76 bits per heavy atom. The molecule has 1 aliphatic heterocycles. The maximum atomic E-state index is 12.0. The van der Waals surface area contributed by atoms with E-state index in [2.05, 4.69) is 33.0 Å². The third kappa shape index (κ3) is 5.77. The molecule has 0 aromatic heterocycles. The van der Waals surface area contributed by atoms with E-state index in [9.17, 15) is 4.79 Å². The normalized spacial score (nSPS) is 19.7. The lowest BCUT2D eigenvalue weighted by Crippen LogP contribution is -2.46. The van der Waals surface area contributed by atoms with E-state index in [1.54, 1.807) is 0 Å². The molecule has 0 saturated carbocycles. The molecule has 0 aromatic rings. The van der Waals surface area contributed by atoms with Crippen LogP contribution < -0.4 is 5.32 Å². The molecular weight excluding hydrogens is 232 g/mol. The molecular formula is C13H26N2OS. The second-order valence-electron chi connectivity index (χ2n) is 5.64. The molecule has 1 saturated heterocycles. The van der Waals surface area contributed by atoms with Gasteiger partial charge >= 0.3 is 0 Å². The minimum atomic E-state index is 0.226. The SMILES string of the molecule is CC(C)NCCCC(=O)N1CCSC(C)(C)C1. The van der Waals surface area contributed by atoms with Crippen LogP contribution in [0.4, 0.5) is 0 Å². The molecule has 1 rings (SSSR count). The zero-order valence-corrected chi connectivity index (χ0v) is 12.4. The minimum Gasteiger partial charge on any atom is -0.341 e. The Morgan fingerprint density at radius 2 is 2.18 bits per heavy atom. The maximum Gasteiger partial charge on any atom is 0.222 e. The van der Waals surface area contributed by atoms with Crippen molar-refractivity contribution in [2.24, 2.45) is 0 Å². The van der Waals surface area contributed by atoms with E-state index in [-0.39, 0.29) is 4.75 Å². The topological polar surface area (TPSA) is 32.3 Å². The molecule has 0 aromatic carbocycles. The van der Waals surface area contributed by atoms with Crippen LogP contribution in [-0.2, 0) is 4.79 Å². The third-order valence-corrected chi connectivity index (χ3v) is 4.20. The van der Waals surface area contributed by atoms with Crippen molar-refractivity contribution in [1.82, 2.24) is 10.2 Å². The summed E-state index contributed by atoms with van der Waals surface area (Å²) in [5.74, 6) is 1.40. The zero-order chi connectivity index (χ0) is 12.9. The van der Waals surface area contributed by atoms with E-state index >= 15 is 0 Å². The van der Waals surface area contributed by atoms with Crippen molar-refractivity contribution in [2.75, 3.05) is 25.4 Å². The molecule has 1 N–H and O–H groups in total. The van der Waals surface area contributed by atoms with Gasteiger partial charge in [-0.1, -0.05) is 13.8 Å². The molecule has 0 spiro atoms. The molecule has 4 heteroatoms. The fourth-order valence-electron chi connectivity index (χ4n) is 2.02. The van der Waals surface area contributed by atoms with Gasteiger partial charge in [0.15, 0.2) is 0 Å². The average Bonchev–Trinajstić information content (AvgIpc) is 2.22. The highest BCUT2D eigenvalue weighted by Gasteiger charge is 2.29. The highest BCUT2D eigenvalue weighted by Crippen LogP contribution is 2.29. The highest BCUT2D eigenvalue weighted by molar-refractivity contribution is 8.00. The lowest BCUT2D eigenvalue weighted by Gasteiger charge is -2.37. The van der Waals surface area contributed by atoms with Gasteiger partial charge in [-0.25, -0.2) is 0 Å². The van der Waals surface area contributed by atoms with E-state index in [1.165, 1.54) is 0 Å². The minimum absolute atomic E-state index is 0.226. The van der Waals surface area contributed by atoms with Gasteiger partial charge in [0.1, 0.15) is 0 Å². The Balaban J connectivity index is 2.23. The van der Waals surface area contributed by atoms with E-state index in [0.29, 0.717) is 18.4 Å². The number of nitrogens with one attached hydrogen (secondary N) is 1. The standard InChI is InChI=1S/C13H26N2OS/c1-11(2)14-7-5-6-12(16)15-8-9-17-13(3,4)10-15/h11,14H,5-10H2,1-4H3. The monoisotopic (exact) mass is 258 g/mol. The van der Waals surface area contributed by atoms with Gasteiger partial charge in [-0.2, -0.15) is 11.8 Å². The second-order valence-corrected chi connectivity index (χ2v) is 7.44. The Labute approximate surface area is 110 Å². The largest absolute Gasteiger partial charge is 0.341 e. The second kappa shape index (κ2) is 6.64. The summed E-state index contributed by atoms with van der Waals surface area (Å²) in [6.07, 6.45) is 1.63. The molecule has 1 amide bonds. The zero-order valence-electron chi connectivity index (χ0n) is 11.6. The number of nitrogens with zero attached hydrogens (tertiary/aromatic N) is 1. The predicted octanol–water partition coefficient (Wildman–Crippen LogP) is 2.12. The summed E-state index contributed by atoms with van der Waals surface area (Å²) in [5, 5.41) is 3.35. The smallest absolute Gasteiger partial charge is 0.222 e. The first-order valence-electron chi connectivity index (χ1n) is 6.56. The number of rotatable bonds is 5. The van der Waals surface area contributed by atoms with E-state index in [1.807, 2.05) is 16.7 Å². The molecule has 1 heterocycles. The van der Waals surface area contributed by atoms with Gasteiger partial charge in [-0.15, -0.1) is 0 Å². The van der Waals surface area contributed by atoms with Crippen molar-refractivity contribution in [3.8, 4) is 0 Å². The van der Waals surface area contributed by atoms with Crippen molar-refractivity contribution in [1.29, 1.82) is 0 Å². The molecule has 0 aliphatic carbocycles. The Hall–Kier alpha value is -0.220. The van der Waals surface area contributed by atoms with Crippen molar-refractivity contribution >= 4 is 17.7 Å². The van der Waals surface area contributed by atoms with E-state index in [0.717, 1.165) is 31.8 Å². The number of hydrogen-bond acceptors (Lipinski definition) is 3. The van der Waals surface area contributed by atoms with Crippen LogP contribution in [0.3, 0.4) is 0 Å². The number of carbonyl (C=O) groups is 1. The summed E-state index contributed by atoms with van der Waals surface area (Å²) in [6, 6.07) is 0.510. The summed E-state index contributed by atoms with van der Waals surface area (Å²) in [4.78, 5) is 14.1. The Bertz CT molecular complexity index is 254. The van der Waals surface area contributed by atoms with Gasteiger partial charge in [0, 0.05) is 36.1 Å². The first-order chi connectivity index (χ1) is 7.91. The van der Waals surface area contributed by atoms with Crippen LogP contribution in [-0.4, -0.2) is 47.0 Å². The maximum absolute atomic E-state index is 12.0. The van der Waals surface area contributed by atoms with Crippen LogP contribution in [0, 0.1) is 0 Å². The van der Waals surface area contributed by atoms with Gasteiger partial charge in [0.2, 0.25) is 5.91 Å². The van der Waals surface area contributed by atoms with Crippen molar-refractivity contribution < 1.29 is 4.79 Å². The number of thioether (sulfide) groups is 1. The van der Waals surface area contributed by atoms with Crippen LogP contribution >= 0.6 is 11.8 Å². The average molecular weight is 258 g/mol. The molecule has 1 aliphatic rings. The summed E-state index contributed by atoms with van der Waals surface area (Å²) in [7, 11) is 0. The van der Waals surface area contributed by atoms with Crippen molar-refractivity contribution in [3.63, 3.8) is 0 Å². The van der Waals surface area contributed by atoms with Gasteiger partial charge in [-0.3, -0.25) is 4.79 Å². The number of amides is 1. The van der Waals surface area contributed by atoms with Crippen molar-refractivity contribution in [2.45, 2.75) is 51.3 Å². The Morgan fingerprint density at radius 1 is 1.47 bits per heavy atom. The Kier molecular flexibility index (Phi) is 5.80. The van der Waals surface area contributed by atoms with Crippen LogP contribution in [0.5, 0.6) is 0 Å². The quantitative estimate of drug-likeness (QED) is 0.767. The van der Waals surface area contributed by atoms with Crippen LogP contribution in [0.2, 0.25) is 0 Å². The van der Waals surface area contributed by atoms with E-state index < -0.39 is 0 Å². The highest BCUT2D eigenvalue weighted by atomic mass is 32.2. The first-order valence-corrected chi connectivity index (χ1v) is 7.54. The molecule has 3 nitrogen and oxygen atoms in total. The molecule has 17 heavy (non-hydrogen) atoms. The van der Waals surface area contributed by atoms with Gasteiger partial charge in [-0.05, 0) is 26.8 Å². The summed E-state index contributed by atoms with van der Waals surface area (Å²) >= 11 is 1.97. The third-order valence-electron chi connectivity index (χ3n) is 2.90. The first kappa shape index (κ1) is 14.8. The van der Waals surface area contributed by atoms with E-state index in [4.69, 9.17) is 0 Å². The number of hydrogen-bond donors (Lipinski definition) is 1. The molecule has 0 unspecified atom stereocenters. The summed E-state index contributed by atoms with van der Waals surface area (Å²) < 4.78 is 0.226. The molecule has 100 valence electrons. The van der Waals surface area contributed by atoms with Gasteiger partial charge in [0.05, 0.1) is 0 Å². The number of carbonyl (C=O) groups excluding carboxylic acids is 1. The van der Waals surface area contributed by atoms with Gasteiger partial charge < -0.3 is 10.2 Å². The molecule has 1 fully saturated rings. The fourth-order valence-corrected chi connectivity index (χ4v) is 3.13. The molecule has 0 radical (unpaired) electrons.